The van der Waals surface area contributed by atoms with Gasteiger partial charge in [0.05, 0.1) is 4.92 Å². The number of hydrogen-bond donors (Lipinski definition) is 0. The summed E-state index contributed by atoms with van der Waals surface area (Å²) in [5.74, 6) is 6.17. The molecule has 0 saturated heterocycles. The van der Waals surface area contributed by atoms with Crippen LogP contribution in [-0.2, 0) is 0 Å². The summed E-state index contributed by atoms with van der Waals surface area (Å²) in [7, 11) is 0. The Morgan fingerprint density at radius 3 is 2.39 bits per heavy atom. The van der Waals surface area contributed by atoms with E-state index in [1.807, 2.05) is 0 Å². The third kappa shape index (κ3) is 4.52. The van der Waals surface area contributed by atoms with Crippen molar-refractivity contribution in [1.29, 1.82) is 0 Å². The van der Waals surface area contributed by atoms with E-state index in [0.717, 1.165) is 11.1 Å². The highest BCUT2D eigenvalue weighted by Gasteiger charge is 2.02. The average Bonchev–Trinajstić information content (AvgIpc) is 2.52. The van der Waals surface area contributed by atoms with Gasteiger partial charge in [0.15, 0.2) is 0 Å². The van der Waals surface area contributed by atoms with Gasteiger partial charge >= 0.3 is 0 Å². The van der Waals surface area contributed by atoms with Crippen molar-refractivity contribution in [2.75, 3.05) is 6.54 Å². The Morgan fingerprint density at radius 2 is 1.74 bits per heavy atom. The molecule has 0 heterocycles. The monoisotopic (exact) mass is 306 g/mol. The maximum absolute atomic E-state index is 10.6. The molecule has 2 aromatic rings. The first-order valence-corrected chi connectivity index (χ1v) is 7.28. The summed E-state index contributed by atoms with van der Waals surface area (Å²) in [5, 5.41) is 10.6. The second kappa shape index (κ2) is 7.37. The Bertz CT molecular complexity index is 810. The lowest BCUT2D eigenvalue weighted by atomic mass is 10.0. The second-order valence-corrected chi connectivity index (χ2v) is 5.37. The smallest absolute Gasteiger partial charge is 0.269 e. The van der Waals surface area contributed by atoms with Crippen LogP contribution in [0.3, 0.4) is 0 Å². The number of benzene rings is 2. The minimum Gasteiger partial charge on any atom is -0.280 e. The molecule has 2 aromatic carbocycles. The third-order valence-corrected chi connectivity index (χ3v) is 3.58. The molecule has 0 aromatic heterocycles. The molecule has 0 aliphatic rings. The third-order valence-electron chi connectivity index (χ3n) is 3.58. The van der Waals surface area contributed by atoms with Crippen LogP contribution in [0.2, 0.25) is 0 Å². The molecule has 0 radical (unpaired) electrons. The number of nitrogens with zero attached hydrogens (tertiary/aromatic N) is 2. The number of aliphatic imine (C=N–C) groups is 1. The molecular weight excluding hydrogens is 288 g/mol. The van der Waals surface area contributed by atoms with Crippen LogP contribution in [0.15, 0.2) is 41.4 Å². The highest BCUT2D eigenvalue weighted by atomic mass is 16.6. The van der Waals surface area contributed by atoms with Crippen LogP contribution in [0.1, 0.15) is 27.8 Å². The Labute approximate surface area is 136 Å². The lowest BCUT2D eigenvalue weighted by Gasteiger charge is -2.03. The number of hydrogen-bond acceptors (Lipinski definition) is 3. The SMILES string of the molecule is Cc1cc(C)c(C#CC/N=C/c2ccc([N+](=O)[O-])cc2)cc1C. The largest absolute Gasteiger partial charge is 0.280 e. The van der Waals surface area contributed by atoms with E-state index < -0.39 is 4.92 Å². The van der Waals surface area contributed by atoms with Crippen LogP contribution in [0.5, 0.6) is 0 Å². The van der Waals surface area contributed by atoms with Gasteiger partial charge < -0.3 is 0 Å². The zero-order valence-corrected chi connectivity index (χ0v) is 13.5. The number of rotatable bonds is 3. The van der Waals surface area contributed by atoms with Crippen LogP contribution in [0.25, 0.3) is 0 Å². The van der Waals surface area contributed by atoms with Crippen molar-refractivity contribution in [3.8, 4) is 11.8 Å². The molecule has 0 atom stereocenters. The molecule has 0 bridgehead atoms. The summed E-state index contributed by atoms with van der Waals surface area (Å²) < 4.78 is 0. The van der Waals surface area contributed by atoms with Crippen molar-refractivity contribution >= 4 is 11.9 Å². The fourth-order valence-electron chi connectivity index (χ4n) is 2.11. The molecule has 0 unspecified atom stereocenters. The molecule has 0 spiro atoms. The molecule has 0 aliphatic heterocycles. The van der Waals surface area contributed by atoms with Gasteiger partial charge in [-0.05, 0) is 61.2 Å². The van der Waals surface area contributed by atoms with Crippen LogP contribution in [0, 0.1) is 42.7 Å². The standard InChI is InChI=1S/C19H18N2O2/c1-14-11-16(3)18(12-15(14)2)5-4-10-20-13-17-6-8-19(9-7-17)21(22)23/h6-9,11-13H,10H2,1-3H3/b20-13+. The van der Waals surface area contributed by atoms with Gasteiger partial charge in [-0.1, -0.05) is 17.9 Å². The van der Waals surface area contributed by atoms with Crippen molar-refractivity contribution in [1.82, 2.24) is 0 Å². The van der Waals surface area contributed by atoms with Crippen molar-refractivity contribution in [3.05, 3.63) is 74.3 Å². The van der Waals surface area contributed by atoms with Crippen molar-refractivity contribution in [3.63, 3.8) is 0 Å². The Balaban J connectivity index is 2.00. The van der Waals surface area contributed by atoms with Crippen LogP contribution < -0.4 is 0 Å². The van der Waals surface area contributed by atoms with E-state index >= 15 is 0 Å². The fraction of sp³-hybridized carbons (Fsp3) is 0.211. The molecule has 0 amide bonds. The first-order valence-electron chi connectivity index (χ1n) is 7.28. The molecule has 23 heavy (non-hydrogen) atoms. The van der Waals surface area contributed by atoms with Crippen LogP contribution in [-0.4, -0.2) is 17.7 Å². The molecule has 116 valence electrons. The maximum atomic E-state index is 10.6. The van der Waals surface area contributed by atoms with Crippen LogP contribution >= 0.6 is 0 Å². The van der Waals surface area contributed by atoms with Crippen molar-refractivity contribution in [2.24, 2.45) is 4.99 Å². The first-order chi connectivity index (χ1) is 11.0. The summed E-state index contributed by atoms with van der Waals surface area (Å²) in [6, 6.07) is 10.5. The molecule has 4 nitrogen and oxygen atoms in total. The predicted molar refractivity (Wildman–Crippen MR) is 93.1 cm³/mol. The van der Waals surface area contributed by atoms with Crippen LogP contribution in [0.4, 0.5) is 5.69 Å². The molecule has 0 fully saturated rings. The fourth-order valence-corrected chi connectivity index (χ4v) is 2.11. The number of aryl methyl sites for hydroxylation is 3. The highest BCUT2D eigenvalue weighted by Crippen LogP contribution is 2.14. The quantitative estimate of drug-likeness (QED) is 0.372. The van der Waals surface area contributed by atoms with E-state index in [-0.39, 0.29) is 5.69 Å². The van der Waals surface area contributed by atoms with E-state index in [0.29, 0.717) is 6.54 Å². The second-order valence-electron chi connectivity index (χ2n) is 5.37. The van der Waals surface area contributed by atoms with Gasteiger partial charge in [-0.2, -0.15) is 0 Å². The lowest BCUT2D eigenvalue weighted by Crippen LogP contribution is -1.89. The molecule has 0 saturated carbocycles. The van der Waals surface area contributed by atoms with E-state index in [2.05, 4.69) is 49.7 Å². The molecule has 0 N–H and O–H groups in total. The summed E-state index contributed by atoms with van der Waals surface area (Å²) in [5.41, 5.74) is 5.59. The number of nitro groups is 1. The van der Waals surface area contributed by atoms with Gasteiger partial charge in [-0.15, -0.1) is 0 Å². The topological polar surface area (TPSA) is 55.5 Å². The Morgan fingerprint density at radius 1 is 1.09 bits per heavy atom. The Hall–Kier alpha value is -2.93. The minimum absolute atomic E-state index is 0.0761. The first kappa shape index (κ1) is 16.4. The van der Waals surface area contributed by atoms with Gasteiger partial charge in [0, 0.05) is 23.9 Å². The predicted octanol–water partition coefficient (Wildman–Crippen LogP) is 3.99. The zero-order chi connectivity index (χ0) is 16.8. The lowest BCUT2D eigenvalue weighted by molar-refractivity contribution is -0.384. The van der Waals surface area contributed by atoms with Gasteiger partial charge in [0.2, 0.25) is 0 Å². The van der Waals surface area contributed by atoms with Gasteiger partial charge in [0.1, 0.15) is 6.54 Å². The maximum Gasteiger partial charge on any atom is 0.269 e. The minimum atomic E-state index is -0.418. The molecule has 4 heteroatoms. The number of nitro benzene ring substituents is 1. The van der Waals surface area contributed by atoms with Gasteiger partial charge in [0.25, 0.3) is 5.69 Å². The van der Waals surface area contributed by atoms with Gasteiger partial charge in [-0.25, -0.2) is 0 Å². The van der Waals surface area contributed by atoms with E-state index in [4.69, 9.17) is 0 Å². The molecule has 0 aliphatic carbocycles. The summed E-state index contributed by atoms with van der Waals surface area (Å²) in [6.07, 6.45) is 1.67. The average molecular weight is 306 g/mol. The van der Waals surface area contributed by atoms with E-state index in [1.54, 1.807) is 18.3 Å². The van der Waals surface area contributed by atoms with Crippen molar-refractivity contribution < 1.29 is 4.92 Å². The van der Waals surface area contributed by atoms with E-state index in [9.17, 15) is 10.1 Å². The summed E-state index contributed by atoms with van der Waals surface area (Å²) >= 11 is 0. The highest BCUT2D eigenvalue weighted by molar-refractivity contribution is 5.80. The zero-order valence-electron chi connectivity index (χ0n) is 13.5. The summed E-state index contributed by atoms with van der Waals surface area (Å²) in [6.45, 7) is 6.61. The van der Waals surface area contributed by atoms with Gasteiger partial charge in [-0.3, -0.25) is 15.1 Å². The molecular formula is C19H18N2O2. The normalized spacial score (nSPS) is 10.4. The number of non-ortho nitro benzene ring substituents is 1. The summed E-state index contributed by atoms with van der Waals surface area (Å²) in [4.78, 5) is 14.4. The van der Waals surface area contributed by atoms with E-state index in [1.165, 1.54) is 28.8 Å². The van der Waals surface area contributed by atoms with Crippen molar-refractivity contribution in [2.45, 2.75) is 20.8 Å². The molecule has 2 rings (SSSR count). The Kier molecular flexibility index (Phi) is 5.27.